The van der Waals surface area contributed by atoms with E-state index in [0.717, 1.165) is 11.1 Å². The van der Waals surface area contributed by atoms with Crippen molar-refractivity contribution in [2.45, 2.75) is 18.2 Å². The number of benzene rings is 3. The number of hydrogen-bond donors (Lipinski definition) is 1. The highest BCUT2D eigenvalue weighted by atomic mass is 32.2. The van der Waals surface area contributed by atoms with Crippen molar-refractivity contribution in [1.82, 2.24) is 0 Å². The number of aryl methyl sites for hydroxylation is 1. The van der Waals surface area contributed by atoms with Gasteiger partial charge in [0.1, 0.15) is 11.2 Å². The highest BCUT2D eigenvalue weighted by molar-refractivity contribution is 8.00. The summed E-state index contributed by atoms with van der Waals surface area (Å²) in [7, 11) is 0. The number of nitrogens with zero attached hydrogens (tertiary/aromatic N) is 1. The van der Waals surface area contributed by atoms with Crippen LogP contribution in [0.4, 0.5) is 15.8 Å². The summed E-state index contributed by atoms with van der Waals surface area (Å²) in [5, 5.41) is 2.68. The van der Waals surface area contributed by atoms with Crippen LogP contribution in [0.25, 0.3) is 0 Å². The lowest BCUT2D eigenvalue weighted by atomic mass is 10.1. The van der Waals surface area contributed by atoms with Crippen LogP contribution in [0.2, 0.25) is 0 Å². The average Bonchev–Trinajstić information content (AvgIpc) is 3.15. The van der Waals surface area contributed by atoms with E-state index in [1.165, 1.54) is 23.9 Å². The van der Waals surface area contributed by atoms with E-state index in [1.807, 2.05) is 54.6 Å². The molecule has 0 aromatic heterocycles. The molecule has 0 saturated carbocycles. The minimum atomic E-state index is -0.379. The normalized spacial score (nSPS) is 16.0. The molecule has 30 heavy (non-hydrogen) atoms. The molecule has 152 valence electrons. The number of halogens is 1. The van der Waals surface area contributed by atoms with E-state index < -0.39 is 0 Å². The summed E-state index contributed by atoms with van der Waals surface area (Å²) in [6.45, 7) is 0. The molecule has 2 amide bonds. The number of nitrogens with one attached hydrogen (secondary N) is 1. The molecule has 3 aromatic carbocycles. The molecule has 6 heteroatoms. The zero-order valence-corrected chi connectivity index (χ0v) is 17.1. The molecule has 1 N–H and O–H groups in total. The van der Waals surface area contributed by atoms with Crippen LogP contribution in [0, 0.1) is 5.82 Å². The summed E-state index contributed by atoms with van der Waals surface area (Å²) >= 11 is 1.49. The molecule has 0 bridgehead atoms. The molecule has 1 aliphatic rings. The highest BCUT2D eigenvalue weighted by Crippen LogP contribution is 2.42. The van der Waals surface area contributed by atoms with Crippen LogP contribution in [0.3, 0.4) is 0 Å². The van der Waals surface area contributed by atoms with Crippen molar-refractivity contribution in [3.05, 3.63) is 95.8 Å². The van der Waals surface area contributed by atoms with Crippen molar-refractivity contribution in [3.63, 3.8) is 0 Å². The molecule has 1 heterocycles. The number of carbonyl (C=O) groups excluding carboxylic acids is 2. The second-order valence-corrected chi connectivity index (χ2v) is 8.13. The second kappa shape index (κ2) is 9.13. The van der Waals surface area contributed by atoms with Crippen LogP contribution in [0.5, 0.6) is 0 Å². The first-order chi connectivity index (χ1) is 14.6. The summed E-state index contributed by atoms with van der Waals surface area (Å²) in [6.07, 6.45) is 1.06. The lowest BCUT2D eigenvalue weighted by molar-refractivity contribution is -0.116. The summed E-state index contributed by atoms with van der Waals surface area (Å²) in [4.78, 5) is 26.5. The van der Waals surface area contributed by atoms with Gasteiger partial charge in [-0.1, -0.05) is 48.5 Å². The molecule has 0 aliphatic carbocycles. The Labute approximate surface area is 179 Å². The first-order valence-corrected chi connectivity index (χ1v) is 10.8. The summed E-state index contributed by atoms with van der Waals surface area (Å²) in [5.74, 6) is -0.175. The fraction of sp³-hybridized carbons (Fsp3) is 0.167. The predicted octanol–water partition coefficient (Wildman–Crippen LogP) is 5.18. The van der Waals surface area contributed by atoms with E-state index in [2.05, 4.69) is 5.32 Å². The van der Waals surface area contributed by atoms with Gasteiger partial charge < -0.3 is 5.32 Å². The first-order valence-electron chi connectivity index (χ1n) is 9.73. The van der Waals surface area contributed by atoms with E-state index in [-0.39, 0.29) is 23.0 Å². The van der Waals surface area contributed by atoms with Crippen molar-refractivity contribution in [1.29, 1.82) is 0 Å². The fourth-order valence-corrected chi connectivity index (χ4v) is 4.64. The van der Waals surface area contributed by atoms with Gasteiger partial charge in [-0.15, -0.1) is 11.8 Å². The van der Waals surface area contributed by atoms with Gasteiger partial charge >= 0.3 is 0 Å². The van der Waals surface area contributed by atoms with Crippen LogP contribution in [-0.2, 0) is 16.0 Å². The molecule has 0 spiro atoms. The Hall–Kier alpha value is -3.12. The number of thioether (sulfide) groups is 1. The fourth-order valence-electron chi connectivity index (χ4n) is 3.47. The lowest BCUT2D eigenvalue weighted by Gasteiger charge is -2.24. The maximum atomic E-state index is 13.7. The molecule has 3 aromatic rings. The molecule has 4 nitrogen and oxygen atoms in total. The average molecular weight is 421 g/mol. The molecular weight excluding hydrogens is 399 g/mol. The molecule has 1 saturated heterocycles. The quantitative estimate of drug-likeness (QED) is 0.598. The number of amides is 2. The van der Waals surface area contributed by atoms with Crippen LogP contribution in [0.1, 0.15) is 22.9 Å². The zero-order chi connectivity index (χ0) is 20.9. The Kier molecular flexibility index (Phi) is 6.14. The maximum absolute atomic E-state index is 13.7. The Balaban J connectivity index is 1.47. The van der Waals surface area contributed by atoms with Crippen LogP contribution < -0.4 is 10.2 Å². The number of carbonyl (C=O) groups is 2. The number of hydrogen-bond acceptors (Lipinski definition) is 3. The smallest absolute Gasteiger partial charge is 0.238 e. The van der Waals surface area contributed by atoms with Crippen LogP contribution in [0.15, 0.2) is 78.9 Å². The minimum Gasteiger partial charge on any atom is -0.326 e. The van der Waals surface area contributed by atoms with Gasteiger partial charge in [0.15, 0.2) is 0 Å². The Morgan fingerprint density at radius 2 is 1.83 bits per heavy atom. The van der Waals surface area contributed by atoms with Crippen molar-refractivity contribution in [3.8, 4) is 0 Å². The van der Waals surface area contributed by atoms with Gasteiger partial charge in [0, 0.05) is 17.8 Å². The molecule has 4 rings (SSSR count). The summed E-state index contributed by atoms with van der Waals surface area (Å²) in [6, 6.07) is 23.4. The van der Waals surface area contributed by atoms with Gasteiger partial charge in [-0.05, 0) is 47.9 Å². The third-order valence-electron chi connectivity index (χ3n) is 4.89. The Morgan fingerprint density at radius 1 is 1.03 bits per heavy atom. The van der Waals surface area contributed by atoms with E-state index in [1.54, 1.807) is 17.0 Å². The molecule has 1 atom stereocenters. The van der Waals surface area contributed by atoms with Gasteiger partial charge in [-0.25, -0.2) is 4.39 Å². The van der Waals surface area contributed by atoms with Gasteiger partial charge in [0.05, 0.1) is 5.75 Å². The Morgan fingerprint density at radius 3 is 2.63 bits per heavy atom. The SMILES string of the molecule is O=C(CCc1ccccc1)Nc1cccc([C@H]2SCC(=O)N2c2cccc(F)c2)c1. The zero-order valence-electron chi connectivity index (χ0n) is 16.3. The van der Waals surface area contributed by atoms with Crippen LogP contribution >= 0.6 is 11.8 Å². The predicted molar refractivity (Wildman–Crippen MR) is 119 cm³/mol. The molecule has 0 radical (unpaired) electrons. The van der Waals surface area contributed by atoms with Gasteiger partial charge in [-0.3, -0.25) is 14.5 Å². The summed E-state index contributed by atoms with van der Waals surface area (Å²) < 4.78 is 13.7. The number of rotatable bonds is 6. The van der Waals surface area contributed by atoms with E-state index in [0.29, 0.717) is 30.0 Å². The van der Waals surface area contributed by atoms with Crippen molar-refractivity contribution in [2.75, 3.05) is 16.0 Å². The minimum absolute atomic E-state index is 0.0619. The molecular formula is C24H21FN2O2S. The lowest BCUT2D eigenvalue weighted by Crippen LogP contribution is -2.27. The van der Waals surface area contributed by atoms with E-state index in [4.69, 9.17) is 0 Å². The third-order valence-corrected chi connectivity index (χ3v) is 6.11. The summed E-state index contributed by atoms with van der Waals surface area (Å²) in [5.41, 5.74) is 3.22. The van der Waals surface area contributed by atoms with Crippen molar-refractivity contribution < 1.29 is 14.0 Å². The Bertz CT molecular complexity index is 1060. The van der Waals surface area contributed by atoms with Gasteiger partial charge in [-0.2, -0.15) is 0 Å². The highest BCUT2D eigenvalue weighted by Gasteiger charge is 2.34. The maximum Gasteiger partial charge on any atom is 0.238 e. The topological polar surface area (TPSA) is 49.4 Å². The van der Waals surface area contributed by atoms with E-state index in [9.17, 15) is 14.0 Å². The first kappa shape index (κ1) is 20.2. The van der Waals surface area contributed by atoms with Gasteiger partial charge in [0.2, 0.25) is 11.8 Å². The number of anilines is 2. The largest absolute Gasteiger partial charge is 0.326 e. The molecule has 0 unspecified atom stereocenters. The van der Waals surface area contributed by atoms with Crippen molar-refractivity contribution >= 4 is 35.0 Å². The second-order valence-electron chi connectivity index (χ2n) is 7.07. The van der Waals surface area contributed by atoms with Gasteiger partial charge in [0.25, 0.3) is 0 Å². The standard InChI is InChI=1S/C24H21FN2O2S/c25-19-9-5-11-21(15-19)27-23(29)16-30-24(27)18-8-4-10-20(14-18)26-22(28)13-12-17-6-2-1-3-7-17/h1-11,14-15,24H,12-13,16H2,(H,26,28)/t24-/m1/s1. The molecule has 1 aliphatic heterocycles. The van der Waals surface area contributed by atoms with Crippen molar-refractivity contribution in [2.24, 2.45) is 0 Å². The molecule has 1 fully saturated rings. The van der Waals surface area contributed by atoms with Crippen LogP contribution in [-0.4, -0.2) is 17.6 Å². The monoisotopic (exact) mass is 420 g/mol. The third kappa shape index (κ3) is 4.71. The van der Waals surface area contributed by atoms with E-state index >= 15 is 0 Å².